The van der Waals surface area contributed by atoms with E-state index in [0.29, 0.717) is 0 Å². The van der Waals surface area contributed by atoms with Gasteiger partial charge in [-0.2, -0.15) is 0 Å². The van der Waals surface area contributed by atoms with Gasteiger partial charge in [0.25, 0.3) is 11.8 Å². The van der Waals surface area contributed by atoms with Crippen LogP contribution in [-0.4, -0.2) is 31.8 Å². The Hall–Kier alpha value is -2.37. The van der Waals surface area contributed by atoms with E-state index in [0.717, 1.165) is 0 Å². The van der Waals surface area contributed by atoms with Gasteiger partial charge in [-0.15, -0.1) is 0 Å². The molecule has 1 rings (SSSR count). The normalized spacial score (nSPS) is 9.53. The molecular weight excluding hydrogens is 222 g/mol. The fourth-order valence-electron chi connectivity index (χ4n) is 1.32. The summed E-state index contributed by atoms with van der Waals surface area (Å²) in [6.45, 7) is 0. The number of carbonyl (C=O) groups is 3. The van der Waals surface area contributed by atoms with Crippen LogP contribution in [0.2, 0.25) is 0 Å². The average Bonchev–Trinajstić information content (AvgIpc) is 2.36. The largest absolute Gasteiger partial charge is 0.366 e. The van der Waals surface area contributed by atoms with Crippen molar-refractivity contribution in [3.05, 3.63) is 34.9 Å². The molecule has 0 unspecified atom stereocenters. The first-order valence-corrected chi connectivity index (χ1v) is 4.88. The summed E-state index contributed by atoms with van der Waals surface area (Å²) in [6, 6.07) is 4.07. The highest BCUT2D eigenvalue weighted by atomic mass is 16.2. The predicted molar refractivity (Wildman–Crippen MR) is 61.7 cm³/mol. The Kier molecular flexibility index (Phi) is 3.82. The van der Waals surface area contributed by atoms with Crippen LogP contribution in [0.25, 0.3) is 0 Å². The van der Waals surface area contributed by atoms with Crippen molar-refractivity contribution in [3.8, 4) is 0 Å². The smallest absolute Gasteiger partial charge is 0.251 e. The summed E-state index contributed by atoms with van der Waals surface area (Å²) in [5.41, 5.74) is 5.67. The second-order valence-electron chi connectivity index (χ2n) is 3.32. The van der Waals surface area contributed by atoms with Crippen LogP contribution in [0, 0.1) is 0 Å². The maximum atomic E-state index is 11.5. The van der Waals surface area contributed by atoms with E-state index in [1.54, 1.807) is 0 Å². The van der Waals surface area contributed by atoms with Crippen molar-refractivity contribution < 1.29 is 14.4 Å². The van der Waals surface area contributed by atoms with Gasteiger partial charge in [-0.1, -0.05) is 0 Å². The van der Waals surface area contributed by atoms with E-state index in [2.05, 4.69) is 10.6 Å². The molecule has 17 heavy (non-hydrogen) atoms. The van der Waals surface area contributed by atoms with Gasteiger partial charge < -0.3 is 16.4 Å². The van der Waals surface area contributed by atoms with E-state index in [1.807, 2.05) is 0 Å². The summed E-state index contributed by atoms with van der Waals surface area (Å²) in [7, 11) is 2.91. The molecule has 1 aromatic carbocycles. The van der Waals surface area contributed by atoms with Gasteiger partial charge in [-0.25, -0.2) is 0 Å². The molecular formula is C11H13N3O3. The lowest BCUT2D eigenvalue weighted by atomic mass is 10.0. The van der Waals surface area contributed by atoms with Crippen molar-refractivity contribution in [1.29, 1.82) is 0 Å². The number of primary amides is 1. The van der Waals surface area contributed by atoms with Crippen molar-refractivity contribution in [2.24, 2.45) is 5.73 Å². The number of rotatable bonds is 3. The number of hydrogen-bond acceptors (Lipinski definition) is 3. The van der Waals surface area contributed by atoms with E-state index in [9.17, 15) is 14.4 Å². The molecule has 1 aromatic rings. The molecule has 0 saturated heterocycles. The van der Waals surface area contributed by atoms with Gasteiger partial charge in [0.1, 0.15) is 0 Å². The van der Waals surface area contributed by atoms with E-state index in [4.69, 9.17) is 5.73 Å². The van der Waals surface area contributed by atoms with Crippen LogP contribution < -0.4 is 16.4 Å². The van der Waals surface area contributed by atoms with Gasteiger partial charge in [0.2, 0.25) is 5.91 Å². The third-order valence-corrected chi connectivity index (χ3v) is 2.20. The standard InChI is InChI=1S/C11H13N3O3/c1-13-10(16)7-3-6(9(12)15)4-8(5-7)11(17)14-2/h3-5H,1-2H3,(H2,12,15)(H,13,16)(H,14,17). The van der Waals surface area contributed by atoms with Gasteiger partial charge in [0.15, 0.2) is 0 Å². The van der Waals surface area contributed by atoms with E-state index >= 15 is 0 Å². The minimum atomic E-state index is -0.694. The lowest BCUT2D eigenvalue weighted by molar-refractivity contribution is 0.0962. The van der Waals surface area contributed by atoms with Crippen LogP contribution in [0.1, 0.15) is 31.1 Å². The molecule has 0 atom stereocenters. The van der Waals surface area contributed by atoms with Crippen molar-refractivity contribution in [2.45, 2.75) is 0 Å². The Balaban J connectivity index is 3.33. The van der Waals surface area contributed by atoms with Gasteiger partial charge in [-0.05, 0) is 18.2 Å². The first kappa shape index (κ1) is 12.7. The molecule has 6 nitrogen and oxygen atoms in total. The highest BCUT2D eigenvalue weighted by Crippen LogP contribution is 2.10. The molecule has 0 aliphatic heterocycles. The number of carbonyl (C=O) groups excluding carboxylic acids is 3. The third kappa shape index (κ3) is 2.81. The molecule has 0 radical (unpaired) electrons. The Bertz CT molecular complexity index is 449. The van der Waals surface area contributed by atoms with Crippen molar-refractivity contribution >= 4 is 17.7 Å². The molecule has 6 heteroatoms. The molecule has 0 heterocycles. The minimum Gasteiger partial charge on any atom is -0.366 e. The number of nitrogens with two attached hydrogens (primary N) is 1. The summed E-state index contributed by atoms with van der Waals surface area (Å²) < 4.78 is 0. The predicted octanol–water partition coefficient (Wildman–Crippen LogP) is -0.495. The Morgan fingerprint density at radius 3 is 1.53 bits per heavy atom. The number of benzene rings is 1. The van der Waals surface area contributed by atoms with Crippen molar-refractivity contribution in [1.82, 2.24) is 10.6 Å². The fraction of sp³-hybridized carbons (Fsp3) is 0.182. The molecule has 90 valence electrons. The summed E-state index contributed by atoms with van der Waals surface area (Å²) in [5, 5.41) is 4.82. The van der Waals surface area contributed by atoms with Crippen molar-refractivity contribution in [3.63, 3.8) is 0 Å². The molecule has 0 bridgehead atoms. The monoisotopic (exact) mass is 235 g/mol. The highest BCUT2D eigenvalue weighted by molar-refractivity contribution is 6.04. The summed E-state index contributed by atoms with van der Waals surface area (Å²) in [5.74, 6) is -1.47. The fourth-order valence-corrected chi connectivity index (χ4v) is 1.32. The number of nitrogens with one attached hydrogen (secondary N) is 2. The van der Waals surface area contributed by atoms with E-state index < -0.39 is 17.7 Å². The van der Waals surface area contributed by atoms with E-state index in [1.165, 1.54) is 32.3 Å². The minimum absolute atomic E-state index is 0.115. The maximum absolute atomic E-state index is 11.5. The van der Waals surface area contributed by atoms with Gasteiger partial charge >= 0.3 is 0 Å². The van der Waals surface area contributed by atoms with Crippen LogP contribution in [-0.2, 0) is 0 Å². The van der Waals surface area contributed by atoms with Crippen LogP contribution in [0.15, 0.2) is 18.2 Å². The van der Waals surface area contributed by atoms with Gasteiger partial charge in [0, 0.05) is 30.8 Å². The Labute approximate surface area is 98.2 Å². The molecule has 0 spiro atoms. The van der Waals surface area contributed by atoms with Gasteiger partial charge in [-0.3, -0.25) is 14.4 Å². The Morgan fingerprint density at radius 2 is 1.24 bits per heavy atom. The molecule has 0 aliphatic rings. The lowest BCUT2D eigenvalue weighted by Gasteiger charge is -2.06. The van der Waals surface area contributed by atoms with Gasteiger partial charge in [0.05, 0.1) is 0 Å². The maximum Gasteiger partial charge on any atom is 0.251 e. The first-order chi connectivity index (χ1) is 7.99. The second-order valence-corrected chi connectivity index (χ2v) is 3.32. The quantitative estimate of drug-likeness (QED) is 0.658. The summed E-state index contributed by atoms with van der Waals surface area (Å²) in [4.78, 5) is 34.0. The highest BCUT2D eigenvalue weighted by Gasteiger charge is 2.13. The third-order valence-electron chi connectivity index (χ3n) is 2.20. The molecule has 0 aromatic heterocycles. The topological polar surface area (TPSA) is 101 Å². The Morgan fingerprint density at radius 1 is 0.882 bits per heavy atom. The number of hydrogen-bond donors (Lipinski definition) is 3. The van der Waals surface area contributed by atoms with Crippen LogP contribution in [0.5, 0.6) is 0 Å². The molecule has 0 saturated carbocycles. The number of amides is 3. The van der Waals surface area contributed by atoms with Crippen LogP contribution in [0.4, 0.5) is 0 Å². The summed E-state index contributed by atoms with van der Waals surface area (Å²) in [6.07, 6.45) is 0. The van der Waals surface area contributed by atoms with Crippen LogP contribution >= 0.6 is 0 Å². The SMILES string of the molecule is CNC(=O)c1cc(C(N)=O)cc(C(=O)NC)c1. The van der Waals surface area contributed by atoms with E-state index in [-0.39, 0.29) is 16.7 Å². The molecule has 0 fully saturated rings. The summed E-state index contributed by atoms with van der Waals surface area (Å²) >= 11 is 0. The zero-order valence-electron chi connectivity index (χ0n) is 9.53. The molecule has 0 aliphatic carbocycles. The average molecular weight is 235 g/mol. The zero-order valence-corrected chi connectivity index (χ0v) is 9.53. The lowest BCUT2D eigenvalue weighted by Crippen LogP contribution is -2.23. The van der Waals surface area contributed by atoms with Crippen LogP contribution in [0.3, 0.4) is 0 Å². The molecule has 3 amide bonds. The van der Waals surface area contributed by atoms with Crippen molar-refractivity contribution in [2.75, 3.05) is 14.1 Å². The zero-order chi connectivity index (χ0) is 13.0. The second kappa shape index (κ2) is 5.11. The molecule has 4 N–H and O–H groups in total. The first-order valence-electron chi connectivity index (χ1n) is 4.88.